The molecule has 6 aromatic carbocycles. The second-order valence-electron chi connectivity index (χ2n) is 10.8. The van der Waals surface area contributed by atoms with Crippen molar-refractivity contribution in [2.75, 3.05) is 6.61 Å². The van der Waals surface area contributed by atoms with Crippen LogP contribution in [0.3, 0.4) is 0 Å². The van der Waals surface area contributed by atoms with Crippen LogP contribution in [-0.2, 0) is 20.7 Å². The molecule has 0 spiro atoms. The van der Waals surface area contributed by atoms with Gasteiger partial charge >= 0.3 is 12.1 Å². The maximum absolute atomic E-state index is 12.5. The van der Waals surface area contributed by atoms with Crippen LogP contribution in [0.25, 0.3) is 64.0 Å². The average Bonchev–Trinajstić information content (AvgIpc) is 3.88. The van der Waals surface area contributed by atoms with Crippen LogP contribution in [0, 0.1) is 0 Å². The molecule has 2 heterocycles. The van der Waals surface area contributed by atoms with Crippen LogP contribution in [0.4, 0.5) is 0 Å². The molecule has 0 bridgehead atoms. The van der Waals surface area contributed by atoms with Gasteiger partial charge in [0, 0.05) is 32.7 Å². The van der Waals surface area contributed by atoms with Crippen molar-refractivity contribution in [3.63, 3.8) is 0 Å². The summed E-state index contributed by atoms with van der Waals surface area (Å²) >= 11 is 3.00. The van der Waals surface area contributed by atoms with Crippen molar-refractivity contribution >= 4 is 76.5 Å². The zero-order valence-electron chi connectivity index (χ0n) is 26.1. The zero-order chi connectivity index (χ0) is 33.8. The Balaban J connectivity index is 0.000000155. The SMILES string of the molecule is CCOC(=O)c1ccccc1-c1cscc1-c1ccccc1CC.O=C=O.O=c1c2ccccc2c2c1sc1c(=O)c3ccccc3c12. The molecule has 0 fully saturated rings. The highest BCUT2D eigenvalue weighted by Gasteiger charge is 2.21. The molecule has 0 saturated carbocycles. The van der Waals surface area contributed by atoms with Gasteiger partial charge in [-0.05, 0) is 57.6 Å². The van der Waals surface area contributed by atoms with Gasteiger partial charge < -0.3 is 4.74 Å². The molecule has 2 aromatic heterocycles. The number of carbonyl (C=O) groups is 1. The van der Waals surface area contributed by atoms with E-state index >= 15 is 0 Å². The topological polar surface area (TPSA) is 94.6 Å². The van der Waals surface area contributed by atoms with E-state index in [4.69, 9.17) is 14.3 Å². The van der Waals surface area contributed by atoms with Crippen molar-refractivity contribution in [1.82, 2.24) is 0 Å². The van der Waals surface area contributed by atoms with E-state index in [0.29, 0.717) is 21.6 Å². The smallest absolute Gasteiger partial charge is 0.373 e. The molecule has 8 rings (SSSR count). The Morgan fingerprint density at radius 2 is 1.08 bits per heavy atom. The summed E-state index contributed by atoms with van der Waals surface area (Å²) in [6, 6.07) is 31.4. The zero-order valence-corrected chi connectivity index (χ0v) is 27.7. The summed E-state index contributed by atoms with van der Waals surface area (Å²) in [5.41, 5.74) is 6.45. The van der Waals surface area contributed by atoms with E-state index in [0.717, 1.165) is 49.9 Å². The molecule has 0 N–H and O–H groups in total. The Labute approximate surface area is 283 Å². The fourth-order valence-corrected chi connectivity index (χ4v) is 8.30. The first-order valence-electron chi connectivity index (χ1n) is 15.3. The largest absolute Gasteiger partial charge is 0.462 e. The molecule has 0 atom stereocenters. The number of thiophene rings is 2. The number of fused-ring (bicyclic) bond motifs is 7. The first-order chi connectivity index (χ1) is 23.4. The number of esters is 1. The van der Waals surface area contributed by atoms with Crippen molar-refractivity contribution in [3.8, 4) is 22.3 Å². The molecule has 8 heteroatoms. The Morgan fingerprint density at radius 1 is 0.625 bits per heavy atom. The van der Waals surface area contributed by atoms with Gasteiger partial charge in [-0.1, -0.05) is 97.9 Å². The lowest BCUT2D eigenvalue weighted by Crippen LogP contribution is -2.06. The van der Waals surface area contributed by atoms with Gasteiger partial charge in [0.05, 0.1) is 21.6 Å². The molecule has 0 amide bonds. The molecule has 48 heavy (non-hydrogen) atoms. The number of carbonyl (C=O) groups excluding carboxylic acids is 3. The highest BCUT2D eigenvalue weighted by molar-refractivity contribution is 7.26. The van der Waals surface area contributed by atoms with Gasteiger partial charge in [-0.25, -0.2) is 4.79 Å². The number of aryl methyl sites for hydroxylation is 1. The minimum Gasteiger partial charge on any atom is -0.462 e. The van der Waals surface area contributed by atoms with Crippen LogP contribution in [0.15, 0.2) is 117 Å². The maximum atomic E-state index is 12.5. The summed E-state index contributed by atoms with van der Waals surface area (Å²) in [7, 11) is 0. The van der Waals surface area contributed by atoms with E-state index in [1.807, 2.05) is 79.7 Å². The summed E-state index contributed by atoms with van der Waals surface area (Å²) in [6.07, 6.45) is 1.23. The first-order valence-corrected chi connectivity index (χ1v) is 17.1. The molecule has 6 nitrogen and oxygen atoms in total. The molecule has 8 aromatic rings. The second kappa shape index (κ2) is 14.1. The average molecular weight is 669 g/mol. The highest BCUT2D eigenvalue weighted by atomic mass is 32.1. The van der Waals surface area contributed by atoms with Crippen LogP contribution in [0.2, 0.25) is 0 Å². The van der Waals surface area contributed by atoms with Crippen LogP contribution in [0.1, 0.15) is 29.8 Å². The van der Waals surface area contributed by atoms with E-state index in [1.54, 1.807) is 11.3 Å². The molecule has 236 valence electrons. The third-order valence-electron chi connectivity index (χ3n) is 8.27. The lowest BCUT2D eigenvalue weighted by molar-refractivity contribution is -0.191. The van der Waals surface area contributed by atoms with Crippen molar-refractivity contribution < 1.29 is 19.1 Å². The van der Waals surface area contributed by atoms with Gasteiger partial charge in [0.2, 0.25) is 10.9 Å². The van der Waals surface area contributed by atoms with Crippen LogP contribution >= 0.6 is 22.7 Å². The summed E-state index contributed by atoms with van der Waals surface area (Å²) in [5, 5.41) is 9.59. The fourth-order valence-electron chi connectivity index (χ4n) is 6.22. The quantitative estimate of drug-likeness (QED) is 0.170. The Bertz CT molecular complexity index is 2460. The van der Waals surface area contributed by atoms with Crippen LogP contribution in [-0.4, -0.2) is 18.7 Å². The monoisotopic (exact) mass is 668 g/mol. The third-order valence-corrected chi connectivity index (χ3v) is 10.2. The highest BCUT2D eigenvalue weighted by Crippen LogP contribution is 2.41. The Hall–Kier alpha value is -5.53. The third kappa shape index (κ3) is 5.67. The van der Waals surface area contributed by atoms with E-state index in [9.17, 15) is 14.4 Å². The first kappa shape index (κ1) is 32.4. The molecule has 0 unspecified atom stereocenters. The van der Waals surface area contributed by atoms with Gasteiger partial charge in [0.25, 0.3) is 0 Å². The van der Waals surface area contributed by atoms with Gasteiger partial charge in [-0.2, -0.15) is 20.9 Å². The normalized spacial score (nSPS) is 10.8. The molecule has 0 aliphatic rings. The number of rotatable bonds is 5. The lowest BCUT2D eigenvalue weighted by Gasteiger charge is -2.12. The molecule has 0 aliphatic heterocycles. The minimum atomic E-state index is -0.269. The van der Waals surface area contributed by atoms with Crippen LogP contribution in [0.5, 0.6) is 0 Å². The number of ether oxygens (including phenoxy) is 1. The molecule has 0 aliphatic carbocycles. The summed E-state index contributed by atoms with van der Waals surface area (Å²) < 4.78 is 6.65. The summed E-state index contributed by atoms with van der Waals surface area (Å²) in [5.74, 6) is -0.269. The summed E-state index contributed by atoms with van der Waals surface area (Å²) in [4.78, 5) is 53.6. The summed E-state index contributed by atoms with van der Waals surface area (Å²) in [6.45, 7) is 4.37. The van der Waals surface area contributed by atoms with Crippen molar-refractivity contribution in [2.24, 2.45) is 0 Å². The molecular formula is C40H28O6S2. The van der Waals surface area contributed by atoms with Crippen molar-refractivity contribution in [1.29, 1.82) is 0 Å². The predicted octanol–water partition coefficient (Wildman–Crippen LogP) is 9.19. The minimum absolute atomic E-state index is 0.0466. The van der Waals surface area contributed by atoms with Gasteiger partial charge in [0.15, 0.2) is 0 Å². The van der Waals surface area contributed by atoms with E-state index in [1.165, 1.54) is 28.0 Å². The number of hydrogen-bond donors (Lipinski definition) is 0. The number of benzene rings is 4. The van der Waals surface area contributed by atoms with Gasteiger partial charge in [0.1, 0.15) is 0 Å². The van der Waals surface area contributed by atoms with Crippen molar-refractivity contribution in [2.45, 2.75) is 20.3 Å². The van der Waals surface area contributed by atoms with Gasteiger partial charge in [-0.15, -0.1) is 11.3 Å². The number of hydrogen-bond acceptors (Lipinski definition) is 8. The predicted molar refractivity (Wildman–Crippen MR) is 195 cm³/mol. The standard InChI is InChI=1S/C21H20O2S.C18H8O2S.CO2/c1-3-15-9-5-6-10-16(15)19-13-24-14-20(19)17-11-7-8-12-18(17)21(22)23-4-2;19-15-11-7-3-1-5-9(11)13-14-10-6-2-4-8-12(10)16(20)18(14)21-17(13)15;2-1-3/h5-14H,3-4H2,1-2H3;1-8H;. The van der Waals surface area contributed by atoms with E-state index in [-0.39, 0.29) is 23.0 Å². The van der Waals surface area contributed by atoms with Crippen molar-refractivity contribution in [3.05, 3.63) is 139 Å². The molecular weight excluding hydrogens is 641 g/mol. The fraction of sp³-hybridized carbons (Fsp3) is 0.100. The van der Waals surface area contributed by atoms with Gasteiger partial charge in [-0.3, -0.25) is 9.59 Å². The van der Waals surface area contributed by atoms with E-state index in [2.05, 4.69) is 41.9 Å². The Kier molecular flexibility index (Phi) is 9.50. The van der Waals surface area contributed by atoms with Crippen LogP contribution < -0.4 is 10.9 Å². The Morgan fingerprint density at radius 3 is 1.62 bits per heavy atom. The van der Waals surface area contributed by atoms with E-state index < -0.39 is 0 Å². The maximum Gasteiger partial charge on any atom is 0.373 e. The lowest BCUT2D eigenvalue weighted by atomic mass is 9.92. The molecule has 0 saturated heterocycles. The molecule has 0 radical (unpaired) electrons. The second-order valence-corrected chi connectivity index (χ2v) is 12.6.